The molecule has 0 aromatic heterocycles. The van der Waals surface area contributed by atoms with E-state index in [2.05, 4.69) is 10.6 Å². The van der Waals surface area contributed by atoms with E-state index in [1.165, 1.54) is 13.8 Å². The summed E-state index contributed by atoms with van der Waals surface area (Å²) in [6, 6.07) is 4.41. The number of aliphatic carboxylic acids is 2. The van der Waals surface area contributed by atoms with Crippen LogP contribution in [0.4, 0.5) is 0 Å². The molecule has 0 aliphatic carbocycles. The Morgan fingerprint density at radius 3 is 1.87 bits per heavy atom. The van der Waals surface area contributed by atoms with Crippen molar-refractivity contribution in [1.82, 2.24) is 16.0 Å². The van der Waals surface area contributed by atoms with Crippen molar-refractivity contribution in [2.24, 2.45) is 5.73 Å². The molecule has 0 heterocycles. The third-order valence-corrected chi connectivity index (χ3v) is 4.13. The third-order valence-electron chi connectivity index (χ3n) is 4.13. The Morgan fingerprint density at radius 1 is 0.867 bits per heavy atom. The lowest BCUT2D eigenvalue weighted by molar-refractivity contribution is -0.147. The molecular weight excluding hydrogens is 396 g/mol. The van der Waals surface area contributed by atoms with Gasteiger partial charge in [0.2, 0.25) is 17.7 Å². The van der Waals surface area contributed by atoms with Crippen LogP contribution in [-0.2, 0) is 30.4 Å². The second kappa shape index (κ2) is 11.5. The number of nitrogens with two attached hydrogens (primary N) is 1. The maximum atomic E-state index is 12.2. The van der Waals surface area contributed by atoms with Crippen LogP contribution in [0, 0.1) is 0 Å². The second-order valence-electron chi connectivity index (χ2n) is 6.75. The predicted octanol–water partition coefficient (Wildman–Crippen LogP) is -1.39. The molecule has 0 aliphatic heterocycles. The van der Waals surface area contributed by atoms with Crippen LogP contribution in [-0.4, -0.2) is 64.0 Å². The molecule has 0 saturated carbocycles. The molecule has 11 heteroatoms. The minimum absolute atomic E-state index is 0.278. The first-order valence-electron chi connectivity index (χ1n) is 9.16. The first kappa shape index (κ1) is 24.6. The molecule has 0 radical (unpaired) electrons. The Kier molecular flexibility index (Phi) is 9.43. The summed E-state index contributed by atoms with van der Waals surface area (Å²) in [7, 11) is 0. The van der Waals surface area contributed by atoms with Crippen molar-refractivity contribution in [3.05, 3.63) is 35.9 Å². The zero-order valence-electron chi connectivity index (χ0n) is 16.6. The Labute approximate surface area is 173 Å². The van der Waals surface area contributed by atoms with Gasteiger partial charge < -0.3 is 31.9 Å². The Bertz CT molecular complexity index is 784. The summed E-state index contributed by atoms with van der Waals surface area (Å²) in [6.45, 7) is 2.69. The molecule has 1 rings (SSSR count). The normalized spacial score (nSPS) is 14.5. The number of carboxylic acids is 2. The van der Waals surface area contributed by atoms with E-state index in [-0.39, 0.29) is 6.42 Å². The smallest absolute Gasteiger partial charge is 0.326 e. The molecule has 0 aliphatic rings. The van der Waals surface area contributed by atoms with Gasteiger partial charge in [0.1, 0.15) is 18.1 Å². The van der Waals surface area contributed by atoms with Crippen LogP contribution in [0.3, 0.4) is 0 Å². The quantitative estimate of drug-likeness (QED) is 0.251. The summed E-state index contributed by atoms with van der Waals surface area (Å²) in [5, 5.41) is 24.5. The van der Waals surface area contributed by atoms with Crippen molar-refractivity contribution >= 4 is 29.7 Å². The molecule has 0 bridgehead atoms. The van der Waals surface area contributed by atoms with E-state index in [4.69, 9.17) is 15.9 Å². The van der Waals surface area contributed by atoms with Gasteiger partial charge >= 0.3 is 11.9 Å². The number of carboxylic acid groups (broad SMARTS) is 2. The van der Waals surface area contributed by atoms with Gasteiger partial charge in [0.25, 0.3) is 0 Å². The number of hydrogen-bond acceptors (Lipinski definition) is 6. The molecule has 1 aromatic carbocycles. The highest BCUT2D eigenvalue weighted by Crippen LogP contribution is 2.02. The average Bonchev–Trinajstić information content (AvgIpc) is 2.67. The highest BCUT2D eigenvalue weighted by atomic mass is 16.4. The SMILES string of the molecule is CC(NC(=O)C(N)Cc1ccccc1)C(=O)NC(C)C(=O)NC(CC(=O)O)C(=O)O. The Balaban J connectivity index is 2.55. The summed E-state index contributed by atoms with van der Waals surface area (Å²) in [4.78, 5) is 58.1. The van der Waals surface area contributed by atoms with Gasteiger partial charge in [0, 0.05) is 0 Å². The molecule has 1 aromatic rings. The zero-order valence-corrected chi connectivity index (χ0v) is 16.6. The van der Waals surface area contributed by atoms with Gasteiger partial charge in [-0.2, -0.15) is 0 Å². The number of amides is 3. The van der Waals surface area contributed by atoms with E-state index >= 15 is 0 Å². The van der Waals surface area contributed by atoms with Crippen LogP contribution in [0.25, 0.3) is 0 Å². The number of carbonyl (C=O) groups is 5. The van der Waals surface area contributed by atoms with Crippen LogP contribution in [0.1, 0.15) is 25.8 Å². The number of hydrogen-bond donors (Lipinski definition) is 6. The minimum atomic E-state index is -1.64. The van der Waals surface area contributed by atoms with E-state index < -0.39 is 60.2 Å². The lowest BCUT2D eigenvalue weighted by atomic mass is 10.1. The summed E-state index contributed by atoms with van der Waals surface area (Å²) < 4.78 is 0. The fourth-order valence-corrected chi connectivity index (χ4v) is 2.42. The van der Waals surface area contributed by atoms with Crippen LogP contribution >= 0.6 is 0 Å². The maximum Gasteiger partial charge on any atom is 0.326 e. The highest BCUT2D eigenvalue weighted by molar-refractivity contribution is 5.94. The third kappa shape index (κ3) is 8.27. The fraction of sp³-hybridized carbons (Fsp3) is 0.421. The molecule has 164 valence electrons. The first-order valence-corrected chi connectivity index (χ1v) is 9.16. The maximum absolute atomic E-state index is 12.2. The van der Waals surface area contributed by atoms with E-state index in [1.54, 1.807) is 0 Å². The molecule has 0 saturated heterocycles. The van der Waals surface area contributed by atoms with Crippen LogP contribution in [0.2, 0.25) is 0 Å². The van der Waals surface area contributed by atoms with Gasteiger partial charge in [0.15, 0.2) is 0 Å². The molecule has 4 atom stereocenters. The van der Waals surface area contributed by atoms with Crippen molar-refractivity contribution in [3.8, 4) is 0 Å². The molecule has 0 fully saturated rings. The molecule has 7 N–H and O–H groups in total. The number of rotatable bonds is 11. The van der Waals surface area contributed by atoms with Gasteiger partial charge in [-0.25, -0.2) is 4.79 Å². The lowest BCUT2D eigenvalue weighted by Gasteiger charge is -2.21. The topological polar surface area (TPSA) is 188 Å². The number of carbonyl (C=O) groups excluding carboxylic acids is 3. The van der Waals surface area contributed by atoms with Crippen LogP contribution in [0.5, 0.6) is 0 Å². The monoisotopic (exact) mass is 422 g/mol. The van der Waals surface area contributed by atoms with Crippen molar-refractivity contribution in [2.75, 3.05) is 0 Å². The molecule has 4 unspecified atom stereocenters. The minimum Gasteiger partial charge on any atom is -0.481 e. The van der Waals surface area contributed by atoms with Crippen molar-refractivity contribution < 1.29 is 34.2 Å². The van der Waals surface area contributed by atoms with Gasteiger partial charge in [-0.1, -0.05) is 30.3 Å². The molecule has 3 amide bonds. The molecule has 11 nitrogen and oxygen atoms in total. The standard InChI is InChI=1S/C19H26N4O7/c1-10(22-18(28)13(20)8-12-6-4-3-5-7-12)16(26)21-11(2)17(27)23-14(19(29)30)9-15(24)25/h3-7,10-11,13-14H,8-9,20H2,1-2H3,(H,21,26)(H,22,28)(H,23,27)(H,24,25)(H,29,30). The molecule has 0 spiro atoms. The zero-order chi connectivity index (χ0) is 22.8. The summed E-state index contributed by atoms with van der Waals surface area (Å²) >= 11 is 0. The van der Waals surface area contributed by atoms with E-state index in [1.807, 2.05) is 35.6 Å². The van der Waals surface area contributed by atoms with Crippen LogP contribution in [0.15, 0.2) is 30.3 Å². The average molecular weight is 422 g/mol. The second-order valence-corrected chi connectivity index (χ2v) is 6.75. The van der Waals surface area contributed by atoms with E-state index in [0.717, 1.165) is 5.56 Å². The predicted molar refractivity (Wildman–Crippen MR) is 105 cm³/mol. The van der Waals surface area contributed by atoms with Crippen molar-refractivity contribution in [1.29, 1.82) is 0 Å². The van der Waals surface area contributed by atoms with Gasteiger partial charge in [-0.3, -0.25) is 19.2 Å². The van der Waals surface area contributed by atoms with Crippen molar-refractivity contribution in [2.45, 2.75) is 50.9 Å². The first-order chi connectivity index (χ1) is 14.0. The largest absolute Gasteiger partial charge is 0.481 e. The van der Waals surface area contributed by atoms with Crippen molar-refractivity contribution in [3.63, 3.8) is 0 Å². The van der Waals surface area contributed by atoms with Gasteiger partial charge in [0.05, 0.1) is 12.5 Å². The van der Waals surface area contributed by atoms with E-state index in [0.29, 0.717) is 0 Å². The Morgan fingerprint density at radius 2 is 1.37 bits per heavy atom. The summed E-state index contributed by atoms with van der Waals surface area (Å²) in [6.07, 6.45) is -0.534. The summed E-state index contributed by atoms with van der Waals surface area (Å²) in [5.41, 5.74) is 6.72. The Hall–Kier alpha value is -3.47. The van der Waals surface area contributed by atoms with Gasteiger partial charge in [-0.15, -0.1) is 0 Å². The molecular formula is C19H26N4O7. The van der Waals surface area contributed by atoms with E-state index in [9.17, 15) is 24.0 Å². The molecule has 30 heavy (non-hydrogen) atoms. The summed E-state index contributed by atoms with van der Waals surface area (Å²) in [5.74, 6) is -5.04. The van der Waals surface area contributed by atoms with Gasteiger partial charge in [-0.05, 0) is 25.8 Å². The number of nitrogens with one attached hydrogen (secondary N) is 3. The number of benzene rings is 1. The fourth-order valence-electron chi connectivity index (χ4n) is 2.42. The van der Waals surface area contributed by atoms with Crippen LogP contribution < -0.4 is 21.7 Å². The lowest BCUT2D eigenvalue weighted by Crippen LogP contribution is -2.55. The highest BCUT2D eigenvalue weighted by Gasteiger charge is 2.27.